The Morgan fingerprint density at radius 2 is 1.04 bits per heavy atom. The molecule has 0 spiro atoms. The van der Waals surface area contributed by atoms with Crippen molar-refractivity contribution in [2.24, 2.45) is 0 Å². The van der Waals surface area contributed by atoms with Crippen LogP contribution in [0.4, 0.5) is 0 Å². The Kier molecular flexibility index (Phi) is 4.56. The van der Waals surface area contributed by atoms with Gasteiger partial charge in [0.05, 0.1) is 0 Å². The minimum absolute atomic E-state index is 0.0992. The van der Waals surface area contributed by atoms with Crippen molar-refractivity contribution < 1.29 is 14.3 Å². The van der Waals surface area contributed by atoms with Crippen LogP contribution in [0, 0.1) is 0 Å². The Morgan fingerprint density at radius 3 is 1.50 bits per heavy atom. The SMILES string of the molecule is OP(O)(Oc1ccccc1)(c1ccccc1Cl)c1ccccc1Cl. The Morgan fingerprint density at radius 1 is 0.625 bits per heavy atom. The molecule has 6 heteroatoms. The molecular formula is C18H15Cl2O3P. The number of hydrogen-bond donors (Lipinski definition) is 2. The monoisotopic (exact) mass is 380 g/mol. The molecule has 0 bridgehead atoms. The van der Waals surface area contributed by atoms with Crippen molar-refractivity contribution in [3.8, 4) is 5.75 Å². The Hall–Kier alpha value is -1.61. The van der Waals surface area contributed by atoms with Crippen molar-refractivity contribution in [3.05, 3.63) is 88.9 Å². The molecule has 0 radical (unpaired) electrons. The average molecular weight is 381 g/mol. The number of benzene rings is 3. The molecule has 0 aliphatic rings. The van der Waals surface area contributed by atoms with E-state index < -0.39 is 7.28 Å². The molecule has 3 rings (SSSR count). The van der Waals surface area contributed by atoms with Gasteiger partial charge in [0.15, 0.2) is 0 Å². The van der Waals surface area contributed by atoms with Gasteiger partial charge in [0.1, 0.15) is 0 Å². The summed E-state index contributed by atoms with van der Waals surface area (Å²) in [6.45, 7) is 0. The van der Waals surface area contributed by atoms with Gasteiger partial charge in [-0.25, -0.2) is 0 Å². The zero-order valence-electron chi connectivity index (χ0n) is 12.5. The van der Waals surface area contributed by atoms with Gasteiger partial charge in [-0.3, -0.25) is 0 Å². The quantitative estimate of drug-likeness (QED) is 0.663. The number of para-hydroxylation sites is 1. The van der Waals surface area contributed by atoms with E-state index in [1.807, 2.05) is 6.07 Å². The van der Waals surface area contributed by atoms with Gasteiger partial charge in [-0.2, -0.15) is 0 Å². The van der Waals surface area contributed by atoms with Crippen LogP contribution in [0.1, 0.15) is 0 Å². The zero-order chi connectivity index (χ0) is 17.2. The predicted molar refractivity (Wildman–Crippen MR) is 101 cm³/mol. The number of halogens is 2. The molecule has 0 aromatic heterocycles. The van der Waals surface area contributed by atoms with Gasteiger partial charge >= 0.3 is 150 Å². The summed E-state index contributed by atoms with van der Waals surface area (Å²) >= 11 is 12.5. The molecular weight excluding hydrogens is 366 g/mol. The fraction of sp³-hybridized carbons (Fsp3) is 0. The van der Waals surface area contributed by atoms with Crippen LogP contribution in [0.5, 0.6) is 5.75 Å². The molecule has 0 heterocycles. The Labute approximate surface area is 150 Å². The van der Waals surface area contributed by atoms with E-state index in [9.17, 15) is 9.79 Å². The van der Waals surface area contributed by atoms with E-state index in [0.29, 0.717) is 5.75 Å². The standard InChI is InChI=1S/C18H15Cl2O3P/c19-15-10-4-6-12-17(15)24(21,22,18-13-7-5-11-16(18)20)23-14-8-2-1-3-9-14/h1-13,21-22H. The second-order valence-electron chi connectivity index (χ2n) is 5.25. The molecule has 124 valence electrons. The van der Waals surface area contributed by atoms with Gasteiger partial charge in [0.2, 0.25) is 0 Å². The predicted octanol–water partition coefficient (Wildman–Crippen LogP) is 4.31. The number of rotatable bonds is 4. The molecule has 0 atom stereocenters. The van der Waals surface area contributed by atoms with Gasteiger partial charge in [-0.1, -0.05) is 0 Å². The summed E-state index contributed by atoms with van der Waals surface area (Å²) in [4.78, 5) is 23.1. The molecule has 0 aliphatic heterocycles. The van der Waals surface area contributed by atoms with Crippen molar-refractivity contribution >= 4 is 41.1 Å². The summed E-state index contributed by atoms with van der Waals surface area (Å²) in [6, 6.07) is 21.5. The fourth-order valence-corrected chi connectivity index (χ4v) is 6.26. The van der Waals surface area contributed by atoms with Crippen LogP contribution < -0.4 is 15.1 Å². The van der Waals surface area contributed by atoms with Crippen LogP contribution in [-0.4, -0.2) is 9.79 Å². The van der Waals surface area contributed by atoms with Crippen LogP contribution >= 0.6 is 30.5 Å². The second-order valence-corrected chi connectivity index (χ2v) is 9.11. The molecule has 0 fully saturated rings. The molecule has 0 aliphatic carbocycles. The van der Waals surface area contributed by atoms with E-state index >= 15 is 0 Å². The van der Waals surface area contributed by atoms with Crippen LogP contribution in [0.3, 0.4) is 0 Å². The van der Waals surface area contributed by atoms with E-state index in [2.05, 4.69) is 0 Å². The Bertz CT molecular complexity index is 819. The van der Waals surface area contributed by atoms with E-state index in [4.69, 9.17) is 27.7 Å². The molecule has 0 unspecified atom stereocenters. The summed E-state index contributed by atoms with van der Waals surface area (Å²) in [6.07, 6.45) is 0. The molecule has 24 heavy (non-hydrogen) atoms. The van der Waals surface area contributed by atoms with Crippen molar-refractivity contribution in [2.45, 2.75) is 0 Å². The molecule has 0 saturated carbocycles. The van der Waals surface area contributed by atoms with E-state index in [1.54, 1.807) is 60.7 Å². The van der Waals surface area contributed by atoms with Crippen molar-refractivity contribution in [1.82, 2.24) is 0 Å². The first-order chi connectivity index (χ1) is 11.4. The zero-order valence-corrected chi connectivity index (χ0v) is 14.9. The first-order valence-corrected chi connectivity index (χ1v) is 9.99. The summed E-state index contributed by atoms with van der Waals surface area (Å²) in [5, 5.41) is 0.580. The summed E-state index contributed by atoms with van der Waals surface area (Å²) in [5.74, 6) is 0.306. The van der Waals surface area contributed by atoms with Gasteiger partial charge < -0.3 is 0 Å². The molecule has 2 N–H and O–H groups in total. The van der Waals surface area contributed by atoms with Gasteiger partial charge in [0, 0.05) is 0 Å². The second kappa shape index (κ2) is 6.36. The van der Waals surface area contributed by atoms with Crippen LogP contribution in [0.15, 0.2) is 78.9 Å². The van der Waals surface area contributed by atoms with Gasteiger partial charge in [-0.05, 0) is 0 Å². The molecule has 0 saturated heterocycles. The maximum atomic E-state index is 11.5. The number of hydrogen-bond acceptors (Lipinski definition) is 3. The summed E-state index contributed by atoms with van der Waals surface area (Å²) < 4.78 is 5.80. The first-order valence-electron chi connectivity index (χ1n) is 7.18. The summed E-state index contributed by atoms with van der Waals surface area (Å²) in [5.41, 5.74) is 0. The van der Waals surface area contributed by atoms with E-state index in [1.165, 1.54) is 12.1 Å². The molecule has 3 aromatic rings. The normalized spacial score (nSPS) is 13.1. The van der Waals surface area contributed by atoms with Crippen LogP contribution in [0.25, 0.3) is 0 Å². The van der Waals surface area contributed by atoms with Crippen LogP contribution in [0.2, 0.25) is 10.0 Å². The third-order valence-corrected chi connectivity index (χ3v) is 7.59. The maximum absolute atomic E-state index is 11.5. The topological polar surface area (TPSA) is 49.7 Å². The minimum atomic E-state index is -5.10. The fourth-order valence-electron chi connectivity index (χ4n) is 2.47. The molecule has 0 amide bonds. The van der Waals surface area contributed by atoms with Gasteiger partial charge in [0.25, 0.3) is 0 Å². The molecule has 3 nitrogen and oxygen atoms in total. The third kappa shape index (κ3) is 3.02. The van der Waals surface area contributed by atoms with Gasteiger partial charge in [-0.15, -0.1) is 0 Å². The molecule has 3 aromatic carbocycles. The van der Waals surface area contributed by atoms with Crippen molar-refractivity contribution in [1.29, 1.82) is 0 Å². The average Bonchev–Trinajstić information content (AvgIpc) is 2.56. The van der Waals surface area contributed by atoms with E-state index in [0.717, 1.165) is 0 Å². The van der Waals surface area contributed by atoms with Crippen molar-refractivity contribution in [2.75, 3.05) is 0 Å². The Balaban J connectivity index is 2.29. The summed E-state index contributed by atoms with van der Waals surface area (Å²) in [7, 11) is -5.10. The van der Waals surface area contributed by atoms with E-state index in [-0.39, 0.29) is 20.7 Å². The van der Waals surface area contributed by atoms with Crippen LogP contribution in [-0.2, 0) is 0 Å². The first kappa shape index (κ1) is 17.2. The van der Waals surface area contributed by atoms with Crippen molar-refractivity contribution in [3.63, 3.8) is 0 Å². The third-order valence-electron chi connectivity index (χ3n) is 3.59.